The first-order valence-corrected chi connectivity index (χ1v) is 10.6. The molecule has 0 aliphatic carbocycles. The minimum atomic E-state index is -0.0119. The number of nitrogens with zero attached hydrogens (tertiary/aromatic N) is 2. The molecule has 1 heterocycles. The average molecular weight is 415 g/mol. The van der Waals surface area contributed by atoms with E-state index in [0.717, 1.165) is 38.5 Å². The molecule has 8 heteroatoms. The molecule has 2 N–H and O–H groups in total. The molecule has 0 saturated carbocycles. The second-order valence-electron chi connectivity index (χ2n) is 6.05. The molecule has 1 amide bonds. The smallest absolute Gasteiger partial charge is 0.230 e. The van der Waals surface area contributed by atoms with Gasteiger partial charge in [0.2, 0.25) is 11.0 Å². The molecule has 0 aliphatic heterocycles. The van der Waals surface area contributed by atoms with Crippen molar-refractivity contribution in [3.63, 3.8) is 0 Å². The topological polar surface area (TPSA) is 76.1 Å². The minimum absolute atomic E-state index is 0.0119. The van der Waals surface area contributed by atoms with Gasteiger partial charge in [-0.15, -0.1) is 10.2 Å². The molecule has 0 aliphatic rings. The number of methoxy groups -OCH3 is 1. The van der Waals surface area contributed by atoms with E-state index in [9.17, 15) is 4.79 Å². The van der Waals surface area contributed by atoms with Gasteiger partial charge in [0, 0.05) is 12.2 Å². The zero-order valence-corrected chi connectivity index (χ0v) is 17.4. The van der Waals surface area contributed by atoms with Crippen LogP contribution in [-0.2, 0) is 11.2 Å². The minimum Gasteiger partial charge on any atom is -0.497 e. The van der Waals surface area contributed by atoms with Crippen molar-refractivity contribution in [2.75, 3.05) is 24.7 Å². The summed E-state index contributed by atoms with van der Waals surface area (Å²) in [5.74, 6) is 1.14. The van der Waals surface area contributed by atoms with Crippen LogP contribution in [0.5, 0.6) is 5.75 Å². The van der Waals surface area contributed by atoms with E-state index in [2.05, 4.69) is 20.8 Å². The van der Waals surface area contributed by atoms with Crippen LogP contribution in [0.25, 0.3) is 0 Å². The monoisotopic (exact) mass is 414 g/mol. The van der Waals surface area contributed by atoms with Crippen molar-refractivity contribution >= 4 is 39.8 Å². The molecule has 0 spiro atoms. The number of aryl methyl sites for hydroxylation is 1. The summed E-state index contributed by atoms with van der Waals surface area (Å²) in [7, 11) is 1.65. The van der Waals surface area contributed by atoms with Crippen LogP contribution < -0.4 is 15.4 Å². The van der Waals surface area contributed by atoms with E-state index in [-0.39, 0.29) is 5.91 Å². The van der Waals surface area contributed by atoms with Crippen LogP contribution in [-0.4, -0.2) is 35.5 Å². The largest absolute Gasteiger partial charge is 0.497 e. The molecule has 3 rings (SSSR count). The third kappa shape index (κ3) is 5.97. The fourth-order valence-corrected chi connectivity index (χ4v) is 4.06. The highest BCUT2D eigenvalue weighted by Gasteiger charge is 2.09. The predicted octanol–water partition coefficient (Wildman–Crippen LogP) is 4.05. The maximum atomic E-state index is 12.0. The third-order valence-electron chi connectivity index (χ3n) is 4.01. The molecule has 0 unspecified atom stereocenters. The van der Waals surface area contributed by atoms with Crippen LogP contribution in [0.1, 0.15) is 11.1 Å². The van der Waals surface area contributed by atoms with E-state index in [1.807, 2.05) is 55.5 Å². The van der Waals surface area contributed by atoms with Gasteiger partial charge < -0.3 is 15.4 Å². The Balaban J connectivity index is 1.39. The Bertz CT molecular complexity index is 913. The lowest BCUT2D eigenvalue weighted by molar-refractivity contribution is -0.118. The number of nitrogens with one attached hydrogen (secondary N) is 2. The molecular formula is C20H22N4O2S2. The predicted molar refractivity (Wildman–Crippen MR) is 115 cm³/mol. The number of aromatic nitrogens is 2. The van der Waals surface area contributed by atoms with Gasteiger partial charge in [-0.3, -0.25) is 4.79 Å². The normalized spacial score (nSPS) is 10.5. The highest BCUT2D eigenvalue weighted by molar-refractivity contribution is 8.01. The van der Waals surface area contributed by atoms with Gasteiger partial charge >= 0.3 is 0 Å². The Morgan fingerprint density at radius 2 is 1.93 bits per heavy atom. The maximum absolute atomic E-state index is 12.0. The highest BCUT2D eigenvalue weighted by atomic mass is 32.2. The zero-order valence-electron chi connectivity index (χ0n) is 15.8. The molecule has 0 fully saturated rings. The Kier molecular flexibility index (Phi) is 7.27. The van der Waals surface area contributed by atoms with Crippen LogP contribution >= 0.6 is 23.1 Å². The standard InChI is InChI=1S/C20H22N4O2S2/c1-14-5-3-4-6-17(14)22-19-23-24-20(28-19)27-13-18(25)21-12-11-15-7-9-16(26-2)10-8-15/h3-10H,11-13H2,1-2H3,(H,21,25)(H,22,23). The van der Waals surface area contributed by atoms with Gasteiger partial charge in [-0.05, 0) is 42.7 Å². The molecule has 0 radical (unpaired) electrons. The van der Waals surface area contributed by atoms with E-state index in [4.69, 9.17) is 4.74 Å². The molecule has 6 nitrogen and oxygen atoms in total. The molecule has 0 bridgehead atoms. The number of carbonyl (C=O) groups excluding carboxylic acids is 1. The first-order valence-electron chi connectivity index (χ1n) is 8.82. The van der Waals surface area contributed by atoms with Crippen LogP contribution in [0.15, 0.2) is 52.9 Å². The highest BCUT2D eigenvalue weighted by Crippen LogP contribution is 2.28. The fourth-order valence-electron chi connectivity index (χ4n) is 2.46. The van der Waals surface area contributed by atoms with Crippen LogP contribution in [0, 0.1) is 6.92 Å². The molecule has 3 aromatic rings. The van der Waals surface area contributed by atoms with Gasteiger partial charge in [-0.2, -0.15) is 0 Å². The van der Waals surface area contributed by atoms with Crippen molar-refractivity contribution in [1.82, 2.24) is 15.5 Å². The molecular weight excluding hydrogens is 392 g/mol. The Hall–Kier alpha value is -2.58. The van der Waals surface area contributed by atoms with Gasteiger partial charge in [0.05, 0.1) is 12.9 Å². The number of benzene rings is 2. The Morgan fingerprint density at radius 3 is 2.68 bits per heavy atom. The molecule has 28 heavy (non-hydrogen) atoms. The van der Waals surface area contributed by atoms with Gasteiger partial charge in [-0.1, -0.05) is 53.4 Å². The van der Waals surface area contributed by atoms with Crippen molar-refractivity contribution in [1.29, 1.82) is 0 Å². The number of para-hydroxylation sites is 1. The average Bonchev–Trinajstić information content (AvgIpc) is 3.16. The Morgan fingerprint density at radius 1 is 1.14 bits per heavy atom. The van der Waals surface area contributed by atoms with Crippen molar-refractivity contribution in [3.05, 3.63) is 59.7 Å². The lowest BCUT2D eigenvalue weighted by atomic mass is 10.1. The second kappa shape index (κ2) is 10.1. The van der Waals surface area contributed by atoms with Gasteiger partial charge in [0.1, 0.15) is 5.75 Å². The van der Waals surface area contributed by atoms with Gasteiger partial charge in [0.15, 0.2) is 4.34 Å². The number of hydrogen-bond donors (Lipinski definition) is 2. The molecule has 146 valence electrons. The van der Waals surface area contributed by atoms with Gasteiger partial charge in [0.25, 0.3) is 0 Å². The number of amides is 1. The number of anilines is 2. The second-order valence-corrected chi connectivity index (χ2v) is 8.25. The quantitative estimate of drug-likeness (QED) is 0.515. The maximum Gasteiger partial charge on any atom is 0.230 e. The summed E-state index contributed by atoms with van der Waals surface area (Å²) in [6.45, 7) is 2.64. The van der Waals surface area contributed by atoms with Crippen LogP contribution in [0.3, 0.4) is 0 Å². The van der Waals surface area contributed by atoms with E-state index in [1.54, 1.807) is 7.11 Å². The summed E-state index contributed by atoms with van der Waals surface area (Å²) in [4.78, 5) is 12.0. The molecule has 0 atom stereocenters. The lowest BCUT2D eigenvalue weighted by Gasteiger charge is -2.05. The van der Waals surface area contributed by atoms with Crippen LogP contribution in [0.4, 0.5) is 10.8 Å². The summed E-state index contributed by atoms with van der Waals surface area (Å²) < 4.78 is 5.90. The van der Waals surface area contributed by atoms with Crippen molar-refractivity contribution in [3.8, 4) is 5.75 Å². The van der Waals surface area contributed by atoms with Crippen molar-refractivity contribution in [2.45, 2.75) is 17.7 Å². The summed E-state index contributed by atoms with van der Waals surface area (Å²) in [5.41, 5.74) is 3.31. The summed E-state index contributed by atoms with van der Waals surface area (Å²) >= 11 is 2.83. The van der Waals surface area contributed by atoms with E-state index in [0.29, 0.717) is 12.3 Å². The molecule has 1 aromatic heterocycles. The summed E-state index contributed by atoms with van der Waals surface area (Å²) in [6, 6.07) is 15.9. The fraction of sp³-hybridized carbons (Fsp3) is 0.250. The van der Waals surface area contributed by atoms with E-state index < -0.39 is 0 Å². The first kappa shape index (κ1) is 20.2. The zero-order chi connectivity index (χ0) is 19.8. The number of ether oxygens (including phenoxy) is 1. The SMILES string of the molecule is COc1ccc(CCNC(=O)CSc2nnc(Nc3ccccc3C)s2)cc1. The van der Waals surface area contributed by atoms with Crippen molar-refractivity contribution in [2.24, 2.45) is 0 Å². The lowest BCUT2D eigenvalue weighted by Crippen LogP contribution is -2.27. The Labute approximate surface area is 172 Å². The summed E-state index contributed by atoms with van der Waals surface area (Å²) in [6.07, 6.45) is 0.781. The third-order valence-corrected chi connectivity index (χ3v) is 5.99. The number of rotatable bonds is 9. The van der Waals surface area contributed by atoms with Gasteiger partial charge in [-0.25, -0.2) is 0 Å². The van der Waals surface area contributed by atoms with Crippen molar-refractivity contribution < 1.29 is 9.53 Å². The van der Waals surface area contributed by atoms with E-state index in [1.165, 1.54) is 23.1 Å². The molecule has 0 saturated heterocycles. The number of thioether (sulfide) groups is 1. The number of carbonyl (C=O) groups is 1. The number of hydrogen-bond acceptors (Lipinski definition) is 7. The first-order chi connectivity index (χ1) is 13.6. The van der Waals surface area contributed by atoms with Crippen LogP contribution in [0.2, 0.25) is 0 Å². The van der Waals surface area contributed by atoms with E-state index >= 15 is 0 Å². The molecule has 2 aromatic carbocycles. The summed E-state index contributed by atoms with van der Waals surface area (Å²) in [5, 5.41) is 15.2.